The van der Waals surface area contributed by atoms with Crippen LogP contribution in [-0.2, 0) is 14.3 Å². The highest BCUT2D eigenvalue weighted by Crippen LogP contribution is 2.44. The fraction of sp³-hybridized carbons (Fsp3) is 0.423. The van der Waals surface area contributed by atoms with E-state index in [1.54, 1.807) is 0 Å². The third-order valence-corrected chi connectivity index (χ3v) is 6.09. The number of carbonyl (C=O) groups excluding carboxylic acids is 2. The summed E-state index contributed by atoms with van der Waals surface area (Å²) in [6.45, 7) is 4.02. The van der Waals surface area contributed by atoms with Gasteiger partial charge in [-0.1, -0.05) is 68.8 Å². The predicted molar refractivity (Wildman–Crippen MR) is 126 cm³/mol. The van der Waals surface area contributed by atoms with Crippen molar-refractivity contribution in [1.82, 2.24) is 10.6 Å². The number of benzene rings is 2. The van der Waals surface area contributed by atoms with E-state index in [0.717, 1.165) is 11.1 Å². The van der Waals surface area contributed by atoms with Crippen molar-refractivity contribution in [3.8, 4) is 11.1 Å². The third-order valence-electron chi connectivity index (χ3n) is 6.09. The van der Waals surface area contributed by atoms with E-state index in [-0.39, 0.29) is 30.9 Å². The number of alkyl carbamates (subject to hydrolysis) is 1. The molecule has 0 fully saturated rings. The van der Waals surface area contributed by atoms with Gasteiger partial charge < -0.3 is 20.5 Å². The minimum Gasteiger partial charge on any atom is -0.480 e. The van der Waals surface area contributed by atoms with Crippen molar-refractivity contribution in [2.24, 2.45) is 0 Å². The Morgan fingerprint density at radius 1 is 0.939 bits per heavy atom. The van der Waals surface area contributed by atoms with E-state index >= 15 is 0 Å². The molecular weight excluding hydrogens is 420 g/mol. The molecule has 2 aromatic rings. The summed E-state index contributed by atoms with van der Waals surface area (Å²) in [6, 6.07) is 15.2. The average Bonchev–Trinajstić information content (AvgIpc) is 3.13. The highest BCUT2D eigenvalue weighted by molar-refractivity contribution is 5.83. The summed E-state index contributed by atoms with van der Waals surface area (Å²) < 4.78 is 5.58. The first kappa shape index (κ1) is 24.3. The molecule has 0 bridgehead atoms. The number of fused-ring (bicyclic) bond motifs is 3. The molecule has 2 amide bonds. The SMILES string of the molecule is CCC[C@@H](NC(=O)CCC(CC)NC(=O)OCC1c2ccccc2-c2ccccc21)C(=O)O. The van der Waals surface area contributed by atoms with Gasteiger partial charge in [0.15, 0.2) is 0 Å². The van der Waals surface area contributed by atoms with Gasteiger partial charge in [-0.3, -0.25) is 4.79 Å². The van der Waals surface area contributed by atoms with Crippen LogP contribution in [0.25, 0.3) is 11.1 Å². The Kier molecular flexibility index (Phi) is 8.46. The molecule has 0 saturated heterocycles. The number of hydrogen-bond donors (Lipinski definition) is 3. The maximum atomic E-state index is 12.5. The molecule has 1 aliphatic carbocycles. The van der Waals surface area contributed by atoms with Gasteiger partial charge >= 0.3 is 12.1 Å². The van der Waals surface area contributed by atoms with E-state index in [4.69, 9.17) is 4.74 Å². The van der Waals surface area contributed by atoms with Crippen LogP contribution in [0.4, 0.5) is 4.79 Å². The van der Waals surface area contributed by atoms with Crippen molar-refractivity contribution in [2.75, 3.05) is 6.61 Å². The van der Waals surface area contributed by atoms with Gasteiger partial charge in [0.2, 0.25) is 5.91 Å². The number of aliphatic carboxylic acids is 1. The van der Waals surface area contributed by atoms with Crippen LogP contribution < -0.4 is 10.6 Å². The molecule has 0 saturated carbocycles. The van der Waals surface area contributed by atoms with Crippen LogP contribution >= 0.6 is 0 Å². The van der Waals surface area contributed by atoms with Crippen molar-refractivity contribution < 1.29 is 24.2 Å². The lowest BCUT2D eigenvalue weighted by Gasteiger charge is -2.19. The zero-order chi connectivity index (χ0) is 23.8. The molecule has 0 heterocycles. The summed E-state index contributed by atoms with van der Waals surface area (Å²) in [6.07, 6.45) is 1.71. The van der Waals surface area contributed by atoms with Crippen molar-refractivity contribution in [3.63, 3.8) is 0 Å². The lowest BCUT2D eigenvalue weighted by molar-refractivity contribution is -0.142. The van der Waals surface area contributed by atoms with E-state index in [2.05, 4.69) is 34.9 Å². The Morgan fingerprint density at radius 2 is 1.55 bits per heavy atom. The van der Waals surface area contributed by atoms with Gasteiger partial charge in [0.1, 0.15) is 12.6 Å². The van der Waals surface area contributed by atoms with Crippen molar-refractivity contribution >= 4 is 18.0 Å². The molecule has 0 aromatic heterocycles. The van der Waals surface area contributed by atoms with Crippen LogP contribution in [-0.4, -0.2) is 41.8 Å². The Hall–Kier alpha value is -3.35. The number of amides is 2. The molecule has 2 aromatic carbocycles. The highest BCUT2D eigenvalue weighted by Gasteiger charge is 2.29. The third kappa shape index (κ3) is 6.12. The fourth-order valence-corrected chi connectivity index (χ4v) is 4.30. The highest BCUT2D eigenvalue weighted by atomic mass is 16.5. The van der Waals surface area contributed by atoms with E-state index in [0.29, 0.717) is 25.7 Å². The van der Waals surface area contributed by atoms with E-state index in [1.165, 1.54) is 11.1 Å². The second kappa shape index (κ2) is 11.5. The predicted octanol–water partition coefficient (Wildman–Crippen LogP) is 4.45. The molecule has 7 heteroatoms. The van der Waals surface area contributed by atoms with Gasteiger partial charge in [0.05, 0.1) is 0 Å². The number of carboxylic acids is 1. The van der Waals surface area contributed by atoms with Crippen LogP contribution in [0.3, 0.4) is 0 Å². The van der Waals surface area contributed by atoms with Crippen molar-refractivity contribution in [2.45, 2.75) is 64.0 Å². The van der Waals surface area contributed by atoms with Gasteiger partial charge in [-0.2, -0.15) is 0 Å². The number of ether oxygens (including phenoxy) is 1. The van der Waals surface area contributed by atoms with Crippen LogP contribution in [0.1, 0.15) is 63.0 Å². The first-order valence-electron chi connectivity index (χ1n) is 11.6. The Balaban J connectivity index is 1.51. The lowest BCUT2D eigenvalue weighted by Crippen LogP contribution is -2.41. The van der Waals surface area contributed by atoms with Gasteiger partial charge in [-0.25, -0.2) is 9.59 Å². The second-order valence-corrected chi connectivity index (χ2v) is 8.36. The molecular formula is C26H32N2O5. The normalized spacial score (nSPS) is 14.0. The summed E-state index contributed by atoms with van der Waals surface area (Å²) in [5, 5.41) is 14.6. The quantitative estimate of drug-likeness (QED) is 0.467. The topological polar surface area (TPSA) is 105 Å². The molecule has 0 radical (unpaired) electrons. The van der Waals surface area contributed by atoms with Crippen LogP contribution in [0.15, 0.2) is 48.5 Å². The molecule has 176 valence electrons. The van der Waals surface area contributed by atoms with E-state index in [9.17, 15) is 19.5 Å². The summed E-state index contributed by atoms with van der Waals surface area (Å²) in [5.41, 5.74) is 4.63. The second-order valence-electron chi connectivity index (χ2n) is 8.36. The van der Waals surface area contributed by atoms with Gasteiger partial charge in [-0.15, -0.1) is 0 Å². The van der Waals surface area contributed by atoms with Gasteiger partial charge in [0, 0.05) is 18.4 Å². The molecule has 2 atom stereocenters. The van der Waals surface area contributed by atoms with Crippen LogP contribution in [0, 0.1) is 0 Å². The lowest BCUT2D eigenvalue weighted by atomic mass is 9.98. The number of carboxylic acid groups (broad SMARTS) is 1. The maximum Gasteiger partial charge on any atom is 0.407 e. The monoisotopic (exact) mass is 452 g/mol. The first-order chi connectivity index (χ1) is 15.9. The first-order valence-corrected chi connectivity index (χ1v) is 11.6. The Labute approximate surface area is 194 Å². The minimum absolute atomic E-state index is 0.0134. The van der Waals surface area contributed by atoms with Crippen LogP contribution in [0.5, 0.6) is 0 Å². The summed E-state index contributed by atoms with van der Waals surface area (Å²) in [7, 11) is 0. The van der Waals surface area contributed by atoms with Crippen molar-refractivity contribution in [1.29, 1.82) is 0 Å². The molecule has 1 aliphatic rings. The molecule has 33 heavy (non-hydrogen) atoms. The average molecular weight is 453 g/mol. The smallest absolute Gasteiger partial charge is 0.407 e. The maximum absolute atomic E-state index is 12.5. The molecule has 0 spiro atoms. The zero-order valence-corrected chi connectivity index (χ0v) is 19.2. The molecule has 1 unspecified atom stereocenters. The van der Waals surface area contributed by atoms with E-state index < -0.39 is 18.1 Å². The summed E-state index contributed by atoms with van der Waals surface area (Å²) in [4.78, 5) is 35.8. The number of carbonyl (C=O) groups is 3. The minimum atomic E-state index is -1.03. The van der Waals surface area contributed by atoms with Crippen LogP contribution in [0.2, 0.25) is 0 Å². The van der Waals surface area contributed by atoms with Crippen molar-refractivity contribution in [3.05, 3.63) is 59.7 Å². The zero-order valence-electron chi connectivity index (χ0n) is 19.2. The van der Waals surface area contributed by atoms with Gasteiger partial charge in [-0.05, 0) is 41.5 Å². The number of nitrogens with one attached hydrogen (secondary N) is 2. The standard InChI is InChI=1S/C26H32N2O5/c1-3-9-23(25(30)31)28-24(29)15-14-17(4-2)27-26(32)33-16-22-20-12-7-5-10-18(20)19-11-6-8-13-21(19)22/h5-8,10-13,17,22-23H,3-4,9,14-16H2,1-2H3,(H,27,32)(H,28,29)(H,30,31)/t17?,23-/m1/s1. The van der Waals surface area contributed by atoms with Gasteiger partial charge in [0.25, 0.3) is 0 Å². The fourth-order valence-electron chi connectivity index (χ4n) is 4.30. The molecule has 3 N–H and O–H groups in total. The summed E-state index contributed by atoms with van der Waals surface area (Å²) in [5.74, 6) is -1.38. The Bertz CT molecular complexity index is 945. The summed E-state index contributed by atoms with van der Waals surface area (Å²) >= 11 is 0. The number of rotatable bonds is 11. The largest absolute Gasteiger partial charge is 0.480 e. The number of hydrogen-bond acceptors (Lipinski definition) is 4. The molecule has 7 nitrogen and oxygen atoms in total. The van der Waals surface area contributed by atoms with E-state index in [1.807, 2.05) is 38.1 Å². The molecule has 3 rings (SSSR count). The Morgan fingerprint density at radius 3 is 2.09 bits per heavy atom. The molecule has 0 aliphatic heterocycles.